The number of nitrogens with two attached hydrogens (primary N) is 1. The van der Waals surface area contributed by atoms with Crippen molar-refractivity contribution in [3.8, 4) is 0 Å². The summed E-state index contributed by atoms with van der Waals surface area (Å²) < 4.78 is 6.96. The Bertz CT molecular complexity index is 461. The van der Waals surface area contributed by atoms with Gasteiger partial charge in [-0.1, -0.05) is 0 Å². The first-order chi connectivity index (χ1) is 9.04. The summed E-state index contributed by atoms with van der Waals surface area (Å²) in [5, 5.41) is 0. The number of carbonyl (C=O) groups excluding carboxylic acids is 1. The van der Waals surface area contributed by atoms with Crippen molar-refractivity contribution >= 4 is 11.8 Å². The fraction of sp³-hybridized carbons (Fsp3) is 0.692. The number of carbonyl (C=O) groups is 1. The topological polar surface area (TPSA) is 73.4 Å². The smallest absolute Gasteiger partial charge is 0.360 e. The molecule has 6 heteroatoms. The molecule has 2 N–H and O–H groups in total. The van der Waals surface area contributed by atoms with Gasteiger partial charge in [0.15, 0.2) is 5.69 Å². The van der Waals surface area contributed by atoms with E-state index in [1.165, 1.54) is 0 Å². The molecule has 0 aliphatic carbocycles. The summed E-state index contributed by atoms with van der Waals surface area (Å²) in [4.78, 5) is 18.3. The molecule has 6 nitrogen and oxygen atoms in total. The fourth-order valence-electron chi connectivity index (χ4n) is 2.63. The normalized spacial score (nSPS) is 17.6. The Kier molecular flexibility index (Phi) is 4.09. The Balaban J connectivity index is 2.24. The second-order valence-electron chi connectivity index (χ2n) is 5.02. The first-order valence-corrected chi connectivity index (χ1v) is 6.74. The average molecular weight is 266 g/mol. The van der Waals surface area contributed by atoms with Gasteiger partial charge >= 0.3 is 5.97 Å². The first kappa shape index (κ1) is 13.9. The SMILES string of the molecule is CCOC(=O)c1nc(C)n(C2CCN(C)CC2)c1N. The van der Waals surface area contributed by atoms with E-state index < -0.39 is 5.97 Å². The van der Waals surface area contributed by atoms with Crippen molar-refractivity contribution in [2.75, 3.05) is 32.5 Å². The summed E-state index contributed by atoms with van der Waals surface area (Å²) in [5.74, 6) is 0.787. The summed E-state index contributed by atoms with van der Waals surface area (Å²) in [6.45, 7) is 6.07. The minimum Gasteiger partial charge on any atom is -0.461 e. The van der Waals surface area contributed by atoms with E-state index >= 15 is 0 Å². The number of likely N-dealkylation sites (tertiary alicyclic amines) is 1. The zero-order valence-electron chi connectivity index (χ0n) is 11.8. The second kappa shape index (κ2) is 5.61. The van der Waals surface area contributed by atoms with Gasteiger partial charge < -0.3 is 19.9 Å². The van der Waals surface area contributed by atoms with E-state index in [2.05, 4.69) is 16.9 Å². The zero-order chi connectivity index (χ0) is 14.0. The quantitative estimate of drug-likeness (QED) is 0.833. The van der Waals surface area contributed by atoms with E-state index in [1.807, 2.05) is 11.5 Å². The summed E-state index contributed by atoms with van der Waals surface area (Å²) >= 11 is 0. The Morgan fingerprint density at radius 3 is 2.68 bits per heavy atom. The van der Waals surface area contributed by atoms with Crippen molar-refractivity contribution < 1.29 is 9.53 Å². The number of ether oxygens (including phenoxy) is 1. The molecule has 0 bridgehead atoms. The molecular formula is C13H22N4O2. The number of hydrogen-bond donors (Lipinski definition) is 1. The third-order valence-electron chi connectivity index (χ3n) is 3.65. The molecule has 1 fully saturated rings. The largest absolute Gasteiger partial charge is 0.461 e. The Labute approximate surface area is 113 Å². The van der Waals surface area contributed by atoms with E-state index in [0.29, 0.717) is 18.5 Å². The van der Waals surface area contributed by atoms with E-state index in [-0.39, 0.29) is 5.69 Å². The molecule has 0 radical (unpaired) electrons. The number of esters is 1. The molecule has 1 saturated heterocycles. The van der Waals surface area contributed by atoms with Crippen molar-refractivity contribution in [2.24, 2.45) is 0 Å². The lowest BCUT2D eigenvalue weighted by molar-refractivity contribution is 0.0521. The predicted molar refractivity (Wildman–Crippen MR) is 73.1 cm³/mol. The highest BCUT2D eigenvalue weighted by atomic mass is 16.5. The molecule has 1 aromatic rings. The number of piperidine rings is 1. The van der Waals surface area contributed by atoms with Crippen LogP contribution in [0.15, 0.2) is 0 Å². The van der Waals surface area contributed by atoms with Crippen molar-refractivity contribution in [2.45, 2.75) is 32.7 Å². The molecule has 1 aromatic heterocycles. The average Bonchev–Trinajstić information content (AvgIpc) is 2.67. The van der Waals surface area contributed by atoms with Crippen LogP contribution >= 0.6 is 0 Å². The summed E-state index contributed by atoms with van der Waals surface area (Å²) in [6.07, 6.45) is 2.06. The lowest BCUT2D eigenvalue weighted by atomic mass is 10.1. The van der Waals surface area contributed by atoms with E-state index in [0.717, 1.165) is 31.8 Å². The zero-order valence-corrected chi connectivity index (χ0v) is 11.8. The van der Waals surface area contributed by atoms with Crippen molar-refractivity contribution in [1.82, 2.24) is 14.5 Å². The highest BCUT2D eigenvalue weighted by Crippen LogP contribution is 2.28. The first-order valence-electron chi connectivity index (χ1n) is 6.74. The molecule has 1 aliphatic rings. The van der Waals surface area contributed by atoms with Gasteiger partial charge in [0.05, 0.1) is 6.61 Å². The van der Waals surface area contributed by atoms with Crippen LogP contribution in [0.25, 0.3) is 0 Å². The third-order valence-corrected chi connectivity index (χ3v) is 3.65. The van der Waals surface area contributed by atoms with Gasteiger partial charge in [-0.3, -0.25) is 0 Å². The summed E-state index contributed by atoms with van der Waals surface area (Å²) in [5.41, 5.74) is 6.34. The second-order valence-corrected chi connectivity index (χ2v) is 5.02. The number of aromatic nitrogens is 2. The van der Waals surface area contributed by atoms with Gasteiger partial charge in [-0.15, -0.1) is 0 Å². The number of hydrogen-bond acceptors (Lipinski definition) is 5. The van der Waals surface area contributed by atoms with Crippen LogP contribution in [-0.2, 0) is 4.74 Å². The molecule has 2 rings (SSSR count). The minimum atomic E-state index is -0.435. The van der Waals surface area contributed by atoms with Crippen LogP contribution in [0, 0.1) is 6.92 Å². The summed E-state index contributed by atoms with van der Waals surface area (Å²) in [6, 6.07) is 0.326. The minimum absolute atomic E-state index is 0.248. The number of nitrogens with zero attached hydrogens (tertiary/aromatic N) is 3. The molecule has 0 unspecified atom stereocenters. The third kappa shape index (κ3) is 2.73. The highest BCUT2D eigenvalue weighted by molar-refractivity contribution is 5.92. The molecule has 0 aromatic carbocycles. The summed E-state index contributed by atoms with van der Waals surface area (Å²) in [7, 11) is 2.12. The molecule has 19 heavy (non-hydrogen) atoms. The van der Waals surface area contributed by atoms with Crippen molar-refractivity contribution in [1.29, 1.82) is 0 Å². The maximum atomic E-state index is 11.8. The standard InChI is InChI=1S/C13H22N4O2/c1-4-19-13(18)11-12(14)17(9(2)15-11)10-5-7-16(3)8-6-10/h10H,4-8,14H2,1-3H3. The van der Waals surface area contributed by atoms with Crippen molar-refractivity contribution in [3.05, 3.63) is 11.5 Å². The Morgan fingerprint density at radius 1 is 1.47 bits per heavy atom. The number of imidazole rings is 1. The van der Waals surface area contributed by atoms with Gasteiger partial charge in [-0.2, -0.15) is 0 Å². The number of anilines is 1. The van der Waals surface area contributed by atoms with Crippen LogP contribution in [0.5, 0.6) is 0 Å². The van der Waals surface area contributed by atoms with Gasteiger partial charge in [-0.25, -0.2) is 9.78 Å². The van der Waals surface area contributed by atoms with E-state index in [1.54, 1.807) is 6.92 Å². The molecule has 0 atom stereocenters. The van der Waals surface area contributed by atoms with Gasteiger partial charge in [0.2, 0.25) is 0 Å². The lowest BCUT2D eigenvalue weighted by Gasteiger charge is -2.30. The van der Waals surface area contributed by atoms with Gasteiger partial charge in [0, 0.05) is 6.04 Å². The number of aryl methyl sites for hydroxylation is 1. The number of rotatable bonds is 3. The van der Waals surface area contributed by atoms with Crippen LogP contribution in [0.1, 0.15) is 42.1 Å². The monoisotopic (exact) mass is 266 g/mol. The molecule has 1 aliphatic heterocycles. The Hall–Kier alpha value is -1.56. The van der Waals surface area contributed by atoms with Crippen LogP contribution in [0.3, 0.4) is 0 Å². The fourth-order valence-corrected chi connectivity index (χ4v) is 2.63. The van der Waals surface area contributed by atoms with Gasteiger partial charge in [0.1, 0.15) is 11.6 Å². The van der Waals surface area contributed by atoms with Crippen LogP contribution in [-0.4, -0.2) is 47.2 Å². The highest BCUT2D eigenvalue weighted by Gasteiger charge is 2.26. The van der Waals surface area contributed by atoms with Gasteiger partial charge in [-0.05, 0) is 46.8 Å². The molecule has 0 saturated carbocycles. The molecule has 2 heterocycles. The van der Waals surface area contributed by atoms with Crippen molar-refractivity contribution in [3.63, 3.8) is 0 Å². The maximum absolute atomic E-state index is 11.8. The molecule has 0 spiro atoms. The lowest BCUT2D eigenvalue weighted by Crippen LogP contribution is -2.32. The van der Waals surface area contributed by atoms with Crippen LogP contribution in [0.2, 0.25) is 0 Å². The van der Waals surface area contributed by atoms with E-state index in [4.69, 9.17) is 10.5 Å². The molecule has 0 amide bonds. The maximum Gasteiger partial charge on any atom is 0.360 e. The van der Waals surface area contributed by atoms with Gasteiger partial charge in [0.25, 0.3) is 0 Å². The predicted octanol–water partition coefficient (Wildman–Crippen LogP) is 1.22. The Morgan fingerprint density at radius 2 is 2.11 bits per heavy atom. The van der Waals surface area contributed by atoms with Crippen LogP contribution < -0.4 is 5.73 Å². The number of nitrogen functional groups attached to an aromatic ring is 1. The molecular weight excluding hydrogens is 244 g/mol. The van der Waals surface area contributed by atoms with E-state index in [9.17, 15) is 4.79 Å². The van der Waals surface area contributed by atoms with Crippen LogP contribution in [0.4, 0.5) is 5.82 Å². The molecule has 106 valence electrons.